The van der Waals surface area contributed by atoms with E-state index in [0.717, 1.165) is 5.57 Å². The van der Waals surface area contributed by atoms with Gasteiger partial charge >= 0.3 is 0 Å². The summed E-state index contributed by atoms with van der Waals surface area (Å²) in [6.45, 7) is 8.56. The molecule has 0 heterocycles. The number of alkyl halides is 1. The van der Waals surface area contributed by atoms with E-state index in [2.05, 4.69) is 13.2 Å². The van der Waals surface area contributed by atoms with E-state index < -0.39 is 0 Å². The summed E-state index contributed by atoms with van der Waals surface area (Å²) in [6, 6.07) is 1.69. The molecule has 50 valence electrons. The number of hydrogen-bond donors (Lipinski definition) is 0. The van der Waals surface area contributed by atoms with E-state index in [-0.39, 0.29) is 0 Å². The van der Waals surface area contributed by atoms with Crippen LogP contribution < -0.4 is 0 Å². The minimum Gasteiger partial charge on any atom is -0.193 e. The van der Waals surface area contributed by atoms with E-state index in [1.165, 1.54) is 6.08 Å². The second kappa shape index (κ2) is 10.3. The lowest BCUT2D eigenvalue weighted by Gasteiger charge is -1.77. The van der Waals surface area contributed by atoms with Crippen LogP contribution in [0, 0.1) is 11.3 Å². The average molecular weight is 144 g/mol. The maximum absolute atomic E-state index is 7.51. The third-order valence-corrected chi connectivity index (χ3v) is 0.776. The first-order valence-electron chi connectivity index (χ1n) is 2.39. The minimum absolute atomic E-state index is 0.583. The molecule has 0 aliphatic carbocycles. The van der Waals surface area contributed by atoms with Crippen LogP contribution in [-0.4, -0.2) is 5.88 Å². The lowest BCUT2D eigenvalue weighted by molar-refractivity contribution is 1.43. The summed E-state index contributed by atoms with van der Waals surface area (Å²) < 4.78 is 0. The third-order valence-electron chi connectivity index (χ3n) is 0.319. The number of rotatable bonds is 1. The molecule has 0 rings (SSSR count). The van der Waals surface area contributed by atoms with Crippen molar-refractivity contribution in [1.29, 1.82) is 5.26 Å². The molecular formula is C7H10ClN. The van der Waals surface area contributed by atoms with Crippen LogP contribution in [0.5, 0.6) is 0 Å². The molecule has 9 heavy (non-hydrogen) atoms. The summed E-state index contributed by atoms with van der Waals surface area (Å²) in [5.74, 6) is 0.583. The molecule has 2 heteroatoms. The molecule has 0 amide bonds. The molecule has 0 atom stereocenters. The standard InChI is InChI=1S/C4H7Cl.C3H3N/c1-4(2)3-5;1-2-3-4/h1,3H2,2H3;2H,1H2. The van der Waals surface area contributed by atoms with Crippen molar-refractivity contribution in [2.45, 2.75) is 6.92 Å². The van der Waals surface area contributed by atoms with E-state index in [4.69, 9.17) is 16.9 Å². The van der Waals surface area contributed by atoms with Gasteiger partial charge in [-0.05, 0) is 6.92 Å². The average Bonchev–Trinajstić information content (AvgIpc) is 1.89. The van der Waals surface area contributed by atoms with E-state index >= 15 is 0 Å². The Balaban J connectivity index is 0. The zero-order valence-corrected chi connectivity index (χ0v) is 6.28. The topological polar surface area (TPSA) is 23.8 Å². The SMILES string of the molecule is C=C(C)CCl.C=CC#N. The molecule has 0 N–H and O–H groups in total. The summed E-state index contributed by atoms with van der Waals surface area (Å²) in [5, 5.41) is 7.51. The molecule has 0 spiro atoms. The predicted octanol–water partition coefficient (Wildman–Crippen LogP) is 2.50. The monoisotopic (exact) mass is 143 g/mol. The quantitative estimate of drug-likeness (QED) is 0.314. The van der Waals surface area contributed by atoms with Gasteiger partial charge < -0.3 is 0 Å². The Bertz CT molecular complexity index is 121. The van der Waals surface area contributed by atoms with Crippen LogP contribution in [0.15, 0.2) is 24.8 Å². The highest BCUT2D eigenvalue weighted by atomic mass is 35.5. The van der Waals surface area contributed by atoms with Gasteiger partial charge in [-0.1, -0.05) is 18.7 Å². The molecule has 0 aliphatic rings. The molecule has 1 nitrogen and oxygen atoms in total. The lowest BCUT2D eigenvalue weighted by Crippen LogP contribution is -1.65. The van der Waals surface area contributed by atoms with Crippen LogP contribution in [-0.2, 0) is 0 Å². The molecule has 0 unspecified atom stereocenters. The Morgan fingerprint density at radius 2 is 2.11 bits per heavy atom. The predicted molar refractivity (Wildman–Crippen MR) is 41.3 cm³/mol. The number of nitrogens with zero attached hydrogens (tertiary/aromatic N) is 1. The third kappa shape index (κ3) is 39.3. The Morgan fingerprint density at radius 3 is 2.11 bits per heavy atom. The van der Waals surface area contributed by atoms with Gasteiger partial charge in [0.25, 0.3) is 0 Å². The fourth-order valence-electron chi connectivity index (χ4n) is 0. The van der Waals surface area contributed by atoms with Crippen molar-refractivity contribution in [3.8, 4) is 6.07 Å². The fourth-order valence-corrected chi connectivity index (χ4v) is 0. The highest BCUT2D eigenvalue weighted by molar-refractivity contribution is 6.19. The van der Waals surface area contributed by atoms with Crippen LogP contribution in [0.25, 0.3) is 0 Å². The summed E-state index contributed by atoms with van der Waals surface area (Å²) in [6.07, 6.45) is 1.18. The van der Waals surface area contributed by atoms with Crippen LogP contribution in [0.1, 0.15) is 6.92 Å². The number of allylic oxidation sites excluding steroid dienone is 2. The summed E-state index contributed by atoms with van der Waals surface area (Å²) in [5.41, 5.74) is 1.02. The molecule has 0 bridgehead atoms. The fraction of sp³-hybridized carbons (Fsp3) is 0.286. The van der Waals surface area contributed by atoms with E-state index in [0.29, 0.717) is 5.88 Å². The Labute approximate surface area is 61.3 Å². The molecular weight excluding hydrogens is 134 g/mol. The van der Waals surface area contributed by atoms with Crippen LogP contribution in [0.3, 0.4) is 0 Å². The molecule has 0 fully saturated rings. The van der Waals surface area contributed by atoms with Gasteiger partial charge in [-0.2, -0.15) is 5.26 Å². The maximum atomic E-state index is 7.51. The minimum atomic E-state index is 0.583. The van der Waals surface area contributed by atoms with Gasteiger partial charge in [0.15, 0.2) is 0 Å². The van der Waals surface area contributed by atoms with Crippen molar-refractivity contribution < 1.29 is 0 Å². The molecule has 0 radical (unpaired) electrons. The summed E-state index contributed by atoms with van der Waals surface area (Å²) in [4.78, 5) is 0. The molecule has 0 aromatic rings. The smallest absolute Gasteiger partial charge is 0.0905 e. The zero-order valence-electron chi connectivity index (χ0n) is 5.52. The normalized spacial score (nSPS) is 5.89. The zero-order chi connectivity index (χ0) is 7.70. The van der Waals surface area contributed by atoms with Crippen molar-refractivity contribution in [1.82, 2.24) is 0 Å². The first-order valence-corrected chi connectivity index (χ1v) is 2.93. The highest BCUT2D eigenvalue weighted by Crippen LogP contribution is 1.86. The van der Waals surface area contributed by atoms with E-state index in [1.54, 1.807) is 6.07 Å². The number of nitriles is 1. The van der Waals surface area contributed by atoms with Gasteiger partial charge in [0.1, 0.15) is 0 Å². The van der Waals surface area contributed by atoms with E-state index in [1.807, 2.05) is 6.92 Å². The first kappa shape index (κ1) is 11.1. The first-order chi connectivity index (χ1) is 4.18. The van der Waals surface area contributed by atoms with Crippen molar-refractivity contribution in [3.63, 3.8) is 0 Å². The van der Waals surface area contributed by atoms with Crippen molar-refractivity contribution >= 4 is 11.6 Å². The molecule has 0 aliphatic heterocycles. The second-order valence-electron chi connectivity index (χ2n) is 1.42. The highest BCUT2D eigenvalue weighted by Gasteiger charge is 1.70. The Morgan fingerprint density at radius 1 is 1.89 bits per heavy atom. The van der Waals surface area contributed by atoms with Gasteiger partial charge in [0.05, 0.1) is 6.07 Å². The van der Waals surface area contributed by atoms with Crippen LogP contribution >= 0.6 is 11.6 Å². The van der Waals surface area contributed by atoms with Gasteiger partial charge in [0, 0.05) is 12.0 Å². The van der Waals surface area contributed by atoms with Gasteiger partial charge in [-0.3, -0.25) is 0 Å². The Hall–Kier alpha value is -0.740. The Kier molecular flexibility index (Phi) is 12.7. The van der Waals surface area contributed by atoms with Crippen molar-refractivity contribution in [2.24, 2.45) is 0 Å². The van der Waals surface area contributed by atoms with Gasteiger partial charge in [-0.25, -0.2) is 0 Å². The number of halogens is 1. The number of hydrogen-bond acceptors (Lipinski definition) is 1. The van der Waals surface area contributed by atoms with Crippen LogP contribution in [0.2, 0.25) is 0 Å². The summed E-state index contributed by atoms with van der Waals surface area (Å²) in [7, 11) is 0. The van der Waals surface area contributed by atoms with Crippen molar-refractivity contribution in [2.75, 3.05) is 5.88 Å². The lowest BCUT2D eigenvalue weighted by atomic mass is 10.4. The molecule has 0 saturated heterocycles. The largest absolute Gasteiger partial charge is 0.193 e. The van der Waals surface area contributed by atoms with E-state index in [9.17, 15) is 0 Å². The maximum Gasteiger partial charge on any atom is 0.0905 e. The van der Waals surface area contributed by atoms with Crippen LogP contribution in [0.4, 0.5) is 0 Å². The molecule has 0 aromatic heterocycles. The van der Waals surface area contributed by atoms with Gasteiger partial charge in [0.2, 0.25) is 0 Å². The van der Waals surface area contributed by atoms with Gasteiger partial charge in [-0.15, -0.1) is 11.6 Å². The second-order valence-corrected chi connectivity index (χ2v) is 1.69. The van der Waals surface area contributed by atoms with Crippen molar-refractivity contribution in [3.05, 3.63) is 24.8 Å². The molecule has 0 saturated carbocycles. The summed E-state index contributed by atoms with van der Waals surface area (Å²) >= 11 is 5.24. The molecule has 0 aromatic carbocycles.